The maximum absolute atomic E-state index is 11.5. The first-order valence-corrected chi connectivity index (χ1v) is 12.0. The Morgan fingerprint density at radius 2 is 1.48 bits per heavy atom. The third-order valence-electron chi connectivity index (χ3n) is 6.53. The van der Waals surface area contributed by atoms with Gasteiger partial charge in [-0.2, -0.15) is 5.26 Å². The van der Waals surface area contributed by atoms with E-state index in [1.165, 1.54) is 0 Å². The van der Waals surface area contributed by atoms with Gasteiger partial charge in [0.25, 0.3) is 0 Å². The highest BCUT2D eigenvalue weighted by atomic mass is 28.4. The standard InChI is InChI=1S/C22H37NOSi/c1-9-18(7)22(15-23,19(8)10-2)20-12-11-13-21(14-20)25(24,16(3)4)17(5)6/h11-14,16-19,24H,9-10H2,1-8H3. The first-order valence-electron chi connectivity index (χ1n) is 9.87. The van der Waals surface area contributed by atoms with Crippen molar-refractivity contribution >= 4 is 13.5 Å². The normalized spacial score (nSPS) is 17.2. The molecule has 0 aromatic heterocycles. The summed E-state index contributed by atoms with van der Waals surface area (Å²) in [5.41, 5.74) is 1.07. The predicted molar refractivity (Wildman–Crippen MR) is 110 cm³/mol. The molecule has 0 saturated carbocycles. The molecule has 2 nitrogen and oxygen atoms in total. The van der Waals surface area contributed by atoms with Crippen molar-refractivity contribution in [2.45, 2.75) is 84.7 Å². The molecule has 0 fully saturated rings. The molecule has 0 spiro atoms. The van der Waals surface area contributed by atoms with Crippen LogP contribution in [0.15, 0.2) is 24.3 Å². The van der Waals surface area contributed by atoms with Crippen LogP contribution in [0.3, 0.4) is 0 Å². The molecule has 0 saturated heterocycles. The number of hydrogen-bond acceptors (Lipinski definition) is 2. The van der Waals surface area contributed by atoms with E-state index in [4.69, 9.17) is 0 Å². The monoisotopic (exact) mass is 359 g/mol. The van der Waals surface area contributed by atoms with E-state index in [9.17, 15) is 10.1 Å². The summed E-state index contributed by atoms with van der Waals surface area (Å²) in [6, 6.07) is 11.1. The molecule has 0 aliphatic heterocycles. The van der Waals surface area contributed by atoms with Crippen molar-refractivity contribution in [3.63, 3.8) is 0 Å². The van der Waals surface area contributed by atoms with Gasteiger partial charge in [-0.25, -0.2) is 0 Å². The molecule has 1 aromatic rings. The number of nitrogens with zero attached hydrogens (tertiary/aromatic N) is 1. The maximum atomic E-state index is 11.5. The van der Waals surface area contributed by atoms with Crippen LogP contribution in [0.1, 0.15) is 73.8 Å². The van der Waals surface area contributed by atoms with Gasteiger partial charge in [0.2, 0.25) is 8.32 Å². The molecule has 2 unspecified atom stereocenters. The molecule has 1 N–H and O–H groups in total. The zero-order valence-corrected chi connectivity index (χ0v) is 18.4. The Bertz CT molecular complexity index is 584. The van der Waals surface area contributed by atoms with Crippen LogP contribution < -0.4 is 5.19 Å². The fourth-order valence-electron chi connectivity index (χ4n) is 4.34. The molecule has 1 aromatic carbocycles. The third-order valence-corrected chi connectivity index (χ3v) is 11.3. The lowest BCUT2D eigenvalue weighted by atomic mass is 9.63. The Morgan fingerprint density at radius 1 is 1.00 bits per heavy atom. The zero-order valence-electron chi connectivity index (χ0n) is 17.4. The van der Waals surface area contributed by atoms with Crippen LogP contribution >= 0.6 is 0 Å². The van der Waals surface area contributed by atoms with Crippen molar-refractivity contribution in [3.05, 3.63) is 29.8 Å². The third kappa shape index (κ3) is 3.71. The molecule has 3 heteroatoms. The summed E-state index contributed by atoms with van der Waals surface area (Å²) in [6.07, 6.45) is 1.94. The van der Waals surface area contributed by atoms with Gasteiger partial charge in [-0.15, -0.1) is 0 Å². The smallest absolute Gasteiger partial charge is 0.225 e. The van der Waals surface area contributed by atoms with Crippen molar-refractivity contribution in [2.24, 2.45) is 11.8 Å². The van der Waals surface area contributed by atoms with Crippen molar-refractivity contribution < 1.29 is 4.80 Å². The van der Waals surface area contributed by atoms with Gasteiger partial charge in [0.05, 0.1) is 11.5 Å². The minimum atomic E-state index is -2.60. The second kappa shape index (κ2) is 8.51. The number of hydrogen-bond donors (Lipinski definition) is 1. The van der Waals surface area contributed by atoms with E-state index in [1.807, 2.05) is 6.07 Å². The second-order valence-corrected chi connectivity index (χ2v) is 12.9. The summed E-state index contributed by atoms with van der Waals surface area (Å²) in [5, 5.41) is 11.3. The van der Waals surface area contributed by atoms with E-state index in [2.05, 4.69) is 79.7 Å². The van der Waals surface area contributed by atoms with Gasteiger partial charge in [0, 0.05) is 0 Å². The summed E-state index contributed by atoms with van der Waals surface area (Å²) in [6.45, 7) is 17.2. The minimum Gasteiger partial charge on any atom is -0.427 e. The fraction of sp³-hybridized carbons (Fsp3) is 0.682. The summed E-state index contributed by atoms with van der Waals surface area (Å²) < 4.78 is 0. The van der Waals surface area contributed by atoms with E-state index >= 15 is 0 Å². The lowest BCUT2D eigenvalue weighted by Crippen LogP contribution is -2.54. The predicted octanol–water partition coefficient (Wildman–Crippen LogP) is 5.50. The Kier molecular flexibility index (Phi) is 7.47. The van der Waals surface area contributed by atoms with Crippen LogP contribution in [0.2, 0.25) is 11.1 Å². The van der Waals surface area contributed by atoms with Gasteiger partial charge in [-0.05, 0) is 33.7 Å². The molecule has 140 valence electrons. The van der Waals surface area contributed by atoms with Crippen molar-refractivity contribution in [2.75, 3.05) is 0 Å². The molecule has 0 aliphatic rings. The fourth-order valence-corrected chi connectivity index (χ4v) is 7.76. The highest BCUT2D eigenvalue weighted by Crippen LogP contribution is 2.42. The molecule has 25 heavy (non-hydrogen) atoms. The van der Waals surface area contributed by atoms with E-state index in [0.29, 0.717) is 0 Å². The summed E-state index contributed by atoms with van der Waals surface area (Å²) in [5.74, 6) is 0.547. The average molecular weight is 360 g/mol. The molecule has 0 radical (unpaired) electrons. The minimum absolute atomic E-state index is 0.242. The molecule has 0 heterocycles. The van der Waals surface area contributed by atoms with Crippen molar-refractivity contribution in [1.82, 2.24) is 0 Å². The first-order chi connectivity index (χ1) is 11.6. The molecule has 2 atom stereocenters. The van der Waals surface area contributed by atoms with Gasteiger partial charge in [0.15, 0.2) is 0 Å². The van der Waals surface area contributed by atoms with Gasteiger partial charge < -0.3 is 4.80 Å². The molecule has 0 amide bonds. The largest absolute Gasteiger partial charge is 0.427 e. The number of rotatable bonds is 8. The Labute approximate surface area is 156 Å². The highest BCUT2D eigenvalue weighted by molar-refractivity contribution is 6.87. The second-order valence-electron chi connectivity index (χ2n) is 8.31. The highest BCUT2D eigenvalue weighted by Gasteiger charge is 2.45. The van der Waals surface area contributed by atoms with Gasteiger partial charge in [-0.1, -0.05) is 92.5 Å². The Morgan fingerprint density at radius 3 is 1.84 bits per heavy atom. The maximum Gasteiger partial charge on any atom is 0.225 e. The topological polar surface area (TPSA) is 44.0 Å². The number of nitriles is 1. The molecular weight excluding hydrogens is 322 g/mol. The molecule has 0 bridgehead atoms. The van der Waals surface area contributed by atoms with Crippen LogP contribution in [-0.4, -0.2) is 13.1 Å². The molecule has 0 aliphatic carbocycles. The van der Waals surface area contributed by atoms with E-state index in [0.717, 1.165) is 23.6 Å². The summed E-state index contributed by atoms with van der Waals surface area (Å²) in [7, 11) is -2.60. The van der Waals surface area contributed by atoms with Crippen LogP contribution in [0.5, 0.6) is 0 Å². The van der Waals surface area contributed by atoms with Crippen molar-refractivity contribution in [1.29, 1.82) is 5.26 Å². The van der Waals surface area contributed by atoms with E-state index in [1.54, 1.807) is 0 Å². The quantitative estimate of drug-likeness (QED) is 0.622. The van der Waals surface area contributed by atoms with Crippen LogP contribution in [-0.2, 0) is 5.41 Å². The summed E-state index contributed by atoms with van der Waals surface area (Å²) >= 11 is 0. The number of benzene rings is 1. The Balaban J connectivity index is 3.64. The first kappa shape index (κ1) is 21.9. The Hall–Kier alpha value is -1.11. The average Bonchev–Trinajstić information content (AvgIpc) is 2.61. The van der Waals surface area contributed by atoms with Gasteiger partial charge in [-0.3, -0.25) is 0 Å². The van der Waals surface area contributed by atoms with Gasteiger partial charge in [0.1, 0.15) is 0 Å². The van der Waals surface area contributed by atoms with Crippen LogP contribution in [0.25, 0.3) is 0 Å². The SMILES string of the molecule is CCC(C)C(C#N)(c1cccc([Si](O)(C(C)C)C(C)C)c1)C(C)CC. The molecular formula is C22H37NOSi. The zero-order chi connectivity index (χ0) is 19.4. The lowest BCUT2D eigenvalue weighted by molar-refractivity contribution is 0.248. The van der Waals surface area contributed by atoms with E-state index < -0.39 is 13.7 Å². The summed E-state index contributed by atoms with van der Waals surface area (Å²) in [4.78, 5) is 11.5. The van der Waals surface area contributed by atoms with Gasteiger partial charge >= 0.3 is 0 Å². The van der Waals surface area contributed by atoms with E-state index in [-0.39, 0.29) is 22.9 Å². The van der Waals surface area contributed by atoms with Crippen molar-refractivity contribution in [3.8, 4) is 6.07 Å². The van der Waals surface area contributed by atoms with Crippen LogP contribution in [0.4, 0.5) is 0 Å². The van der Waals surface area contributed by atoms with Crippen LogP contribution in [0, 0.1) is 23.2 Å². The lowest BCUT2D eigenvalue weighted by Gasteiger charge is -2.40. The molecule has 1 rings (SSSR count).